The number of halogens is 8. The first-order valence-corrected chi connectivity index (χ1v) is 24.3. The van der Waals surface area contributed by atoms with Crippen LogP contribution in [0.15, 0.2) is 120 Å². The van der Waals surface area contributed by atoms with E-state index in [1.165, 1.54) is 28.9 Å². The fourth-order valence-corrected chi connectivity index (χ4v) is 10.9. The summed E-state index contributed by atoms with van der Waals surface area (Å²) in [7, 11) is -3.61. The van der Waals surface area contributed by atoms with Crippen LogP contribution in [-0.4, -0.2) is 25.5 Å². The van der Waals surface area contributed by atoms with Gasteiger partial charge in [-0.05, 0) is 0 Å². The molecule has 288 valence electrons. The Kier molecular flexibility index (Phi) is 12.7. The number of hydrogen-bond acceptors (Lipinski definition) is 5. The fraction of sp³-hybridized carbons (Fsp3) is 0.171. The normalized spacial score (nSPS) is 12.3. The third kappa shape index (κ3) is 8.91. The van der Waals surface area contributed by atoms with E-state index in [0.717, 1.165) is 43.9 Å². The molecule has 0 amide bonds. The van der Waals surface area contributed by atoms with Gasteiger partial charge in [0.25, 0.3) is 0 Å². The van der Waals surface area contributed by atoms with Crippen molar-refractivity contribution in [2.75, 3.05) is 11.5 Å². The van der Waals surface area contributed by atoms with Crippen molar-refractivity contribution in [3.63, 3.8) is 0 Å². The van der Waals surface area contributed by atoms with Gasteiger partial charge in [0.2, 0.25) is 0 Å². The number of benzene rings is 6. The summed E-state index contributed by atoms with van der Waals surface area (Å²) in [5.74, 6) is 0.0215. The molecule has 0 heterocycles. The summed E-state index contributed by atoms with van der Waals surface area (Å²) in [6.07, 6.45) is -2.41. The summed E-state index contributed by atoms with van der Waals surface area (Å²) in [4.78, 5) is 0.0631. The van der Waals surface area contributed by atoms with Crippen molar-refractivity contribution >= 4 is 72.2 Å². The molecule has 0 aliphatic rings. The van der Waals surface area contributed by atoms with Crippen LogP contribution in [0, 0.1) is 3.57 Å². The molecule has 0 bridgehead atoms. The van der Waals surface area contributed by atoms with Gasteiger partial charge in [-0.15, -0.1) is 0 Å². The van der Waals surface area contributed by atoms with Gasteiger partial charge in [-0.2, -0.15) is 13.2 Å². The van der Waals surface area contributed by atoms with E-state index in [9.17, 15) is 34.8 Å². The maximum absolute atomic E-state index is 13.8. The van der Waals surface area contributed by atoms with Crippen molar-refractivity contribution in [3.8, 4) is 56.0 Å². The number of fused-ring (bicyclic) bond motifs is 1. The second-order valence-corrected chi connectivity index (χ2v) is 19.1. The molecule has 0 fully saturated rings. The first-order chi connectivity index (χ1) is 26.2. The van der Waals surface area contributed by atoms with E-state index in [4.69, 9.17) is 8.92 Å². The number of hydrogen-bond donors (Lipinski definition) is 0. The van der Waals surface area contributed by atoms with Gasteiger partial charge in [-0.1, -0.05) is 0 Å². The van der Waals surface area contributed by atoms with Gasteiger partial charge < -0.3 is 0 Å². The Morgan fingerprint density at radius 2 is 1.20 bits per heavy atom. The number of unbranched alkanes of at least 4 members (excludes halogenated alkanes) is 1. The van der Waals surface area contributed by atoms with Gasteiger partial charge in [0.15, 0.2) is 0 Å². The Labute approximate surface area is 341 Å². The number of rotatable bonds is 12. The summed E-state index contributed by atoms with van der Waals surface area (Å²) < 4.78 is 120. The average molecular weight is 1020 g/mol. The molecule has 0 spiro atoms. The summed E-state index contributed by atoms with van der Waals surface area (Å²) in [6.45, 7) is 2.14. The fourth-order valence-electron chi connectivity index (χ4n) is 6.20. The van der Waals surface area contributed by atoms with Crippen LogP contribution in [0.1, 0.15) is 25.3 Å². The Morgan fingerprint density at radius 1 is 0.691 bits per heavy atom. The molecule has 0 unspecified atom stereocenters. The van der Waals surface area contributed by atoms with E-state index < -0.39 is 54.3 Å². The van der Waals surface area contributed by atoms with Crippen LogP contribution in [-0.2, 0) is 16.3 Å². The zero-order chi connectivity index (χ0) is 39.5. The van der Waals surface area contributed by atoms with Crippen molar-refractivity contribution in [1.82, 2.24) is 0 Å². The zero-order valence-electron chi connectivity index (χ0n) is 29.1. The summed E-state index contributed by atoms with van der Waals surface area (Å²) >= 11 is 1.35. The van der Waals surface area contributed by atoms with E-state index >= 15 is 0 Å². The molecule has 0 saturated carbocycles. The average Bonchev–Trinajstić information content (AvgIpc) is 3.16. The maximum atomic E-state index is 13.8. The summed E-state index contributed by atoms with van der Waals surface area (Å²) in [5.41, 5.74) is -1.75. The zero-order valence-corrected chi connectivity index (χ0v) is 35.2. The van der Waals surface area contributed by atoms with Crippen LogP contribution >= 0.6 is 51.3 Å². The Balaban J connectivity index is 1.82. The van der Waals surface area contributed by atoms with Crippen LogP contribution in [0.3, 0.4) is 0 Å². The standard InChI is InChI=1S/C41H32F6I2O4S2/c1-3-4-22-49-30-18-12-27(13-19-30)36-32-23-34(53-55(50,51)41(45,46)47)35(54-48)24-33(32)37(26-10-16-29(17-11-26)40(42,43)44)38(25-8-6-5-7-9-25)39(36)28-14-20-31(52-2)21-15-28/h5-21,23-24,49H,3-4,22H2,1-2H3. The van der Waals surface area contributed by atoms with Gasteiger partial charge in [-0.25, -0.2) is 0 Å². The quantitative estimate of drug-likeness (QED) is 0.0305. The molecule has 6 rings (SSSR count). The molecule has 0 saturated heterocycles. The van der Waals surface area contributed by atoms with Gasteiger partial charge in [0.1, 0.15) is 0 Å². The second-order valence-electron chi connectivity index (χ2n) is 12.3. The molecule has 0 aromatic heterocycles. The number of ether oxygens (including phenoxy) is 1. The summed E-state index contributed by atoms with van der Waals surface area (Å²) in [6, 6.07) is 32.0. The molecule has 0 atom stereocenters. The SMILES string of the molecule is CCCC[IH]c1ccc(-c2c(-c3ccc(OC)cc3)c(-c3ccccc3)c(-c3ccc(C(F)(F)F)cc3)c3cc(SI)c(OS(=O)(=O)C(F)(F)F)cc23)cc1. The Bertz CT molecular complexity index is 2400. The van der Waals surface area contributed by atoms with E-state index in [1.54, 1.807) is 18.2 Å². The molecule has 6 aromatic carbocycles. The van der Waals surface area contributed by atoms with Crippen molar-refractivity contribution in [1.29, 1.82) is 0 Å². The van der Waals surface area contributed by atoms with Crippen LogP contribution in [0.25, 0.3) is 55.3 Å². The van der Waals surface area contributed by atoms with Gasteiger partial charge in [0.05, 0.1) is 0 Å². The molecular weight excluding hydrogens is 988 g/mol. The van der Waals surface area contributed by atoms with E-state index in [-0.39, 0.29) is 4.90 Å². The van der Waals surface area contributed by atoms with Crippen molar-refractivity contribution in [2.24, 2.45) is 0 Å². The first-order valence-electron chi connectivity index (χ1n) is 16.7. The molecule has 4 nitrogen and oxygen atoms in total. The van der Waals surface area contributed by atoms with Gasteiger partial charge in [-0.3, -0.25) is 0 Å². The third-order valence-corrected chi connectivity index (χ3v) is 14.8. The molecule has 0 aliphatic carbocycles. The predicted molar refractivity (Wildman–Crippen MR) is 227 cm³/mol. The molecule has 0 aliphatic heterocycles. The van der Waals surface area contributed by atoms with Crippen LogP contribution in [0.5, 0.6) is 11.5 Å². The van der Waals surface area contributed by atoms with Gasteiger partial charge in [0, 0.05) is 0 Å². The van der Waals surface area contributed by atoms with E-state index in [0.29, 0.717) is 55.5 Å². The van der Waals surface area contributed by atoms with Crippen LogP contribution < -0.4 is 8.92 Å². The number of alkyl halides is 7. The Morgan fingerprint density at radius 3 is 1.71 bits per heavy atom. The van der Waals surface area contributed by atoms with E-state index in [2.05, 4.69) is 6.92 Å². The topological polar surface area (TPSA) is 52.6 Å². The summed E-state index contributed by atoms with van der Waals surface area (Å²) in [5, 5.41) is 0.791. The monoisotopic (exact) mass is 1020 g/mol. The molecule has 55 heavy (non-hydrogen) atoms. The molecule has 6 aromatic rings. The Hall–Kier alpha value is -3.48. The van der Waals surface area contributed by atoms with Crippen molar-refractivity contribution < 1.29 is 43.7 Å². The molecule has 14 heteroatoms. The van der Waals surface area contributed by atoms with E-state index in [1.807, 2.05) is 87.9 Å². The minimum atomic E-state index is -6.08. The van der Waals surface area contributed by atoms with Crippen molar-refractivity contribution in [2.45, 2.75) is 36.3 Å². The van der Waals surface area contributed by atoms with Crippen molar-refractivity contribution in [3.05, 3.63) is 124 Å². The van der Waals surface area contributed by atoms with Gasteiger partial charge >= 0.3 is 331 Å². The van der Waals surface area contributed by atoms with Crippen LogP contribution in [0.4, 0.5) is 26.3 Å². The van der Waals surface area contributed by atoms with Crippen LogP contribution in [0.2, 0.25) is 0 Å². The molecular formula is C41H32F6I2O4S2. The second kappa shape index (κ2) is 16.9. The predicted octanol–water partition coefficient (Wildman–Crippen LogP) is 13.9. The number of methoxy groups -OCH3 is 1. The third-order valence-electron chi connectivity index (χ3n) is 8.79. The molecule has 0 N–H and O–H groups in total. The minimum absolute atomic E-state index is 0.0631. The first kappa shape index (κ1) is 41.2. The molecule has 0 radical (unpaired) electrons.